The molecule has 0 aliphatic carbocycles. The summed E-state index contributed by atoms with van der Waals surface area (Å²) in [5.41, 5.74) is 2.32. The Morgan fingerprint density at radius 2 is 1.95 bits per heavy atom. The van der Waals surface area contributed by atoms with Gasteiger partial charge in [-0.1, -0.05) is 39.7 Å². The first-order valence-corrected chi connectivity index (χ1v) is 7.65. The lowest BCUT2D eigenvalue weighted by molar-refractivity contribution is 0.263. The van der Waals surface area contributed by atoms with Gasteiger partial charge in [0.05, 0.1) is 6.61 Å². The zero-order chi connectivity index (χ0) is 13.9. The van der Waals surface area contributed by atoms with Crippen LogP contribution in [0.1, 0.15) is 11.1 Å². The zero-order valence-corrected chi connectivity index (χ0v) is 13.2. The van der Waals surface area contributed by atoms with E-state index >= 15 is 0 Å². The summed E-state index contributed by atoms with van der Waals surface area (Å²) in [6.07, 6.45) is 1.10. The first-order chi connectivity index (χ1) is 9.70. The van der Waals surface area contributed by atoms with Crippen molar-refractivity contribution in [2.45, 2.75) is 12.5 Å². The number of benzene rings is 2. The van der Waals surface area contributed by atoms with Crippen LogP contribution in [0.25, 0.3) is 0 Å². The lowest BCUT2D eigenvalue weighted by Crippen LogP contribution is -2.03. The molecule has 0 bridgehead atoms. The molecule has 2 nitrogen and oxygen atoms in total. The van der Waals surface area contributed by atoms with Crippen LogP contribution in [0, 0.1) is 0 Å². The van der Waals surface area contributed by atoms with Crippen LogP contribution in [0.3, 0.4) is 0 Å². The fraction of sp³-hybridized carbons (Fsp3) is 0.250. The van der Waals surface area contributed by atoms with E-state index in [1.165, 1.54) is 5.56 Å². The van der Waals surface area contributed by atoms with Crippen LogP contribution in [0.15, 0.2) is 46.9 Å². The molecule has 1 aliphatic rings. The first-order valence-electron chi connectivity index (χ1n) is 6.48. The Kier molecular flexibility index (Phi) is 4.29. The summed E-state index contributed by atoms with van der Waals surface area (Å²) in [7, 11) is 0. The summed E-state index contributed by atoms with van der Waals surface area (Å²) >= 11 is 9.68. The third-order valence-electron chi connectivity index (χ3n) is 3.16. The average molecular weight is 354 g/mol. The molecule has 4 heteroatoms. The zero-order valence-electron chi connectivity index (χ0n) is 10.8. The largest absolute Gasteiger partial charge is 0.491 e. The smallest absolute Gasteiger partial charge is 0.119 e. The van der Waals surface area contributed by atoms with E-state index in [4.69, 9.17) is 21.1 Å². The quantitative estimate of drug-likeness (QED) is 0.740. The highest BCUT2D eigenvalue weighted by Crippen LogP contribution is 2.24. The lowest BCUT2D eigenvalue weighted by atomic mass is 10.1. The summed E-state index contributed by atoms with van der Waals surface area (Å²) in [5.74, 6) is 0.879. The van der Waals surface area contributed by atoms with E-state index in [1.807, 2.05) is 24.3 Å². The second-order valence-corrected chi connectivity index (χ2v) is 6.15. The molecule has 0 radical (unpaired) electrons. The average Bonchev–Trinajstić information content (AvgIpc) is 3.26. The molecule has 1 fully saturated rings. The van der Waals surface area contributed by atoms with Gasteiger partial charge in [-0.2, -0.15) is 0 Å². The third-order valence-corrected chi connectivity index (χ3v) is 4.03. The Hall–Kier alpha value is -1.03. The van der Waals surface area contributed by atoms with Crippen molar-refractivity contribution in [1.29, 1.82) is 0 Å². The van der Waals surface area contributed by atoms with Crippen molar-refractivity contribution < 1.29 is 9.47 Å². The minimum Gasteiger partial charge on any atom is -0.491 e. The molecule has 0 spiro atoms. The van der Waals surface area contributed by atoms with Crippen LogP contribution in [-0.2, 0) is 11.2 Å². The van der Waals surface area contributed by atoms with Crippen molar-refractivity contribution in [2.24, 2.45) is 0 Å². The summed E-state index contributed by atoms with van der Waals surface area (Å²) in [4.78, 5) is 0. The Morgan fingerprint density at radius 1 is 1.20 bits per heavy atom. The highest BCUT2D eigenvalue weighted by Gasteiger charge is 2.22. The molecule has 104 valence electrons. The van der Waals surface area contributed by atoms with Crippen LogP contribution in [-0.4, -0.2) is 19.3 Å². The van der Waals surface area contributed by atoms with Gasteiger partial charge < -0.3 is 9.47 Å². The van der Waals surface area contributed by atoms with Gasteiger partial charge in [0.15, 0.2) is 0 Å². The third kappa shape index (κ3) is 3.75. The Labute approximate surface area is 131 Å². The van der Waals surface area contributed by atoms with Gasteiger partial charge in [-0.05, 0) is 47.9 Å². The number of rotatable bonds is 5. The van der Waals surface area contributed by atoms with Crippen LogP contribution in [0.2, 0.25) is 5.02 Å². The lowest BCUT2D eigenvalue weighted by Gasteiger charge is -2.07. The minimum atomic E-state index is 0.287. The van der Waals surface area contributed by atoms with Crippen LogP contribution in [0.5, 0.6) is 5.75 Å². The van der Waals surface area contributed by atoms with E-state index in [9.17, 15) is 0 Å². The van der Waals surface area contributed by atoms with E-state index in [1.54, 1.807) is 0 Å². The van der Waals surface area contributed by atoms with Crippen molar-refractivity contribution >= 4 is 27.5 Å². The van der Waals surface area contributed by atoms with Gasteiger partial charge >= 0.3 is 0 Å². The number of epoxide rings is 1. The fourth-order valence-corrected chi connectivity index (χ4v) is 2.55. The summed E-state index contributed by atoms with van der Waals surface area (Å²) in [6, 6.07) is 14.0. The van der Waals surface area contributed by atoms with E-state index in [2.05, 4.69) is 34.1 Å². The molecule has 0 saturated carbocycles. The number of hydrogen-bond donors (Lipinski definition) is 0. The molecule has 2 aromatic rings. The molecule has 1 atom stereocenters. The molecule has 1 aliphatic heterocycles. The topological polar surface area (TPSA) is 21.8 Å². The van der Waals surface area contributed by atoms with Crippen molar-refractivity contribution in [1.82, 2.24) is 0 Å². The van der Waals surface area contributed by atoms with E-state index in [0.29, 0.717) is 6.61 Å². The number of hydrogen-bond acceptors (Lipinski definition) is 2. The van der Waals surface area contributed by atoms with Gasteiger partial charge in [0.1, 0.15) is 18.5 Å². The molecule has 1 saturated heterocycles. The van der Waals surface area contributed by atoms with Gasteiger partial charge in [-0.25, -0.2) is 0 Å². The predicted octanol–water partition coefficient (Wildman–Crippen LogP) is 4.47. The van der Waals surface area contributed by atoms with Gasteiger partial charge in [0, 0.05) is 9.50 Å². The van der Waals surface area contributed by atoms with Crippen LogP contribution in [0.4, 0.5) is 0 Å². The normalized spacial score (nSPS) is 17.0. The summed E-state index contributed by atoms with van der Waals surface area (Å²) < 4.78 is 11.8. The van der Waals surface area contributed by atoms with Crippen LogP contribution >= 0.6 is 27.5 Å². The Morgan fingerprint density at radius 3 is 2.65 bits per heavy atom. The molecule has 20 heavy (non-hydrogen) atoms. The molecule has 0 aromatic heterocycles. The van der Waals surface area contributed by atoms with Crippen molar-refractivity contribution in [3.63, 3.8) is 0 Å². The molecular weight excluding hydrogens is 340 g/mol. The maximum absolute atomic E-state index is 6.21. The highest BCUT2D eigenvalue weighted by molar-refractivity contribution is 9.10. The van der Waals surface area contributed by atoms with Gasteiger partial charge in [-0.3, -0.25) is 0 Å². The molecule has 0 amide bonds. The monoisotopic (exact) mass is 352 g/mol. The summed E-state index contributed by atoms with van der Waals surface area (Å²) in [5, 5.41) is 0.791. The fourth-order valence-electron chi connectivity index (χ4n) is 1.96. The van der Waals surface area contributed by atoms with Crippen molar-refractivity contribution in [3.05, 3.63) is 63.1 Å². The summed E-state index contributed by atoms with van der Waals surface area (Å²) in [6.45, 7) is 1.45. The SMILES string of the molecule is Clc1ccc(Br)cc1Cc1ccc(OCC2CO2)cc1. The first kappa shape index (κ1) is 13.9. The van der Waals surface area contributed by atoms with Gasteiger partial charge in [0.2, 0.25) is 0 Å². The second-order valence-electron chi connectivity index (χ2n) is 4.82. The standard InChI is InChI=1S/C16H14BrClO2/c17-13-3-6-16(18)12(8-13)7-11-1-4-14(5-2-11)19-9-15-10-20-15/h1-6,8,15H,7,9-10H2. The predicted molar refractivity (Wildman–Crippen MR) is 83.6 cm³/mol. The number of halogens is 2. The molecule has 1 unspecified atom stereocenters. The maximum atomic E-state index is 6.21. The van der Waals surface area contributed by atoms with Crippen molar-refractivity contribution in [3.8, 4) is 5.75 Å². The number of ether oxygens (including phenoxy) is 2. The second kappa shape index (κ2) is 6.17. The Bertz CT molecular complexity index is 594. The van der Waals surface area contributed by atoms with Gasteiger partial charge in [-0.15, -0.1) is 0 Å². The molecular formula is C16H14BrClO2. The highest BCUT2D eigenvalue weighted by atomic mass is 79.9. The molecule has 1 heterocycles. The van der Waals surface area contributed by atoms with E-state index in [0.717, 1.165) is 33.8 Å². The maximum Gasteiger partial charge on any atom is 0.119 e. The van der Waals surface area contributed by atoms with E-state index in [-0.39, 0.29) is 6.10 Å². The van der Waals surface area contributed by atoms with Gasteiger partial charge in [0.25, 0.3) is 0 Å². The van der Waals surface area contributed by atoms with Crippen LogP contribution < -0.4 is 4.74 Å². The van der Waals surface area contributed by atoms with E-state index < -0.39 is 0 Å². The molecule has 0 N–H and O–H groups in total. The van der Waals surface area contributed by atoms with Crippen molar-refractivity contribution in [2.75, 3.05) is 13.2 Å². The Balaban J connectivity index is 1.66. The molecule has 3 rings (SSSR count). The minimum absolute atomic E-state index is 0.287. The molecule has 2 aromatic carbocycles.